The zero-order valence-electron chi connectivity index (χ0n) is 15.5. The molecule has 1 atom stereocenters. The van der Waals surface area contributed by atoms with Gasteiger partial charge in [-0.2, -0.15) is 0 Å². The number of aliphatic imine (C=N–C) groups is 1. The van der Waals surface area contributed by atoms with E-state index < -0.39 is 6.04 Å². The van der Waals surface area contributed by atoms with Crippen LogP contribution in [-0.4, -0.2) is 17.7 Å². The highest BCUT2D eigenvalue weighted by molar-refractivity contribution is 6.20. The number of hydrogen-bond acceptors (Lipinski definition) is 2. The summed E-state index contributed by atoms with van der Waals surface area (Å²) >= 11 is 0. The van der Waals surface area contributed by atoms with Crippen molar-refractivity contribution in [2.24, 2.45) is 10.9 Å². The second-order valence-corrected chi connectivity index (χ2v) is 7.15. The molecule has 0 spiro atoms. The lowest BCUT2D eigenvalue weighted by molar-refractivity contribution is -0.118. The highest BCUT2D eigenvalue weighted by Crippen LogP contribution is 2.30. The van der Waals surface area contributed by atoms with Crippen LogP contribution in [0.1, 0.15) is 25.0 Å². The summed E-state index contributed by atoms with van der Waals surface area (Å²) in [5, 5.41) is 3.08. The third-order valence-corrected chi connectivity index (χ3v) is 4.86. The topological polar surface area (TPSA) is 41.5 Å². The van der Waals surface area contributed by atoms with Gasteiger partial charge in [0.05, 0.1) is 11.4 Å². The number of hydrogen-bond donors (Lipinski definition) is 1. The predicted octanol–water partition coefficient (Wildman–Crippen LogP) is 5.17. The Labute approximate surface area is 159 Å². The molecule has 1 heterocycles. The molecule has 0 unspecified atom stereocenters. The number of fused-ring (bicyclic) bond motifs is 1. The summed E-state index contributed by atoms with van der Waals surface area (Å²) in [6, 6.07) is 26.1. The summed E-state index contributed by atoms with van der Waals surface area (Å²) in [4.78, 5) is 17.6. The lowest BCUT2D eigenvalue weighted by atomic mass is 9.96. The Morgan fingerprint density at radius 1 is 0.815 bits per heavy atom. The molecule has 1 aliphatic rings. The molecule has 3 nitrogen and oxygen atoms in total. The molecule has 1 N–H and O–H groups in total. The van der Waals surface area contributed by atoms with Gasteiger partial charge in [-0.05, 0) is 29.2 Å². The SMILES string of the molecule is CC(C)[C@@H]1N=C(c2ccccc2)c2cc(-c3ccccc3)ccc2NC1=O. The Kier molecular flexibility index (Phi) is 4.59. The summed E-state index contributed by atoms with van der Waals surface area (Å²) in [6.45, 7) is 4.06. The van der Waals surface area contributed by atoms with Crippen molar-refractivity contribution in [3.63, 3.8) is 0 Å². The molecule has 3 aromatic carbocycles. The first kappa shape index (κ1) is 17.2. The smallest absolute Gasteiger partial charge is 0.249 e. The first-order valence-electron chi connectivity index (χ1n) is 9.27. The molecule has 134 valence electrons. The summed E-state index contributed by atoms with van der Waals surface area (Å²) in [5.41, 5.74) is 5.90. The number of anilines is 1. The van der Waals surface area contributed by atoms with Crippen LogP contribution in [-0.2, 0) is 4.79 Å². The summed E-state index contributed by atoms with van der Waals surface area (Å²) in [7, 11) is 0. The average molecular weight is 354 g/mol. The van der Waals surface area contributed by atoms with Crippen LogP contribution in [0, 0.1) is 5.92 Å². The number of nitrogens with zero attached hydrogens (tertiary/aromatic N) is 1. The maximum Gasteiger partial charge on any atom is 0.249 e. The minimum atomic E-state index is -0.409. The van der Waals surface area contributed by atoms with Crippen LogP contribution in [0.15, 0.2) is 83.9 Å². The van der Waals surface area contributed by atoms with Gasteiger partial charge in [0, 0.05) is 11.1 Å². The van der Waals surface area contributed by atoms with Crippen molar-refractivity contribution in [2.75, 3.05) is 5.32 Å². The van der Waals surface area contributed by atoms with Gasteiger partial charge in [-0.25, -0.2) is 0 Å². The number of benzodiazepines with no additional fused rings is 1. The Morgan fingerprint density at radius 2 is 1.44 bits per heavy atom. The molecule has 0 saturated carbocycles. The normalized spacial score (nSPS) is 16.3. The van der Waals surface area contributed by atoms with Gasteiger partial charge < -0.3 is 5.32 Å². The van der Waals surface area contributed by atoms with Crippen molar-refractivity contribution in [2.45, 2.75) is 19.9 Å². The standard InChI is InChI=1S/C24H22N2O/c1-16(2)22-24(27)25-21-14-13-19(17-9-5-3-6-10-17)15-20(21)23(26-22)18-11-7-4-8-12-18/h3-16,22H,1-2H3,(H,25,27)/t22-/m0/s1. The molecule has 4 rings (SSSR count). The predicted molar refractivity (Wildman–Crippen MR) is 111 cm³/mol. The maximum atomic E-state index is 12.7. The summed E-state index contributed by atoms with van der Waals surface area (Å²) in [6.07, 6.45) is 0. The van der Waals surface area contributed by atoms with Gasteiger partial charge in [0.1, 0.15) is 6.04 Å². The van der Waals surface area contributed by atoms with Gasteiger partial charge >= 0.3 is 0 Å². The molecule has 1 amide bonds. The van der Waals surface area contributed by atoms with E-state index in [1.807, 2.05) is 74.5 Å². The van der Waals surface area contributed by atoms with Crippen LogP contribution >= 0.6 is 0 Å². The fraction of sp³-hybridized carbons (Fsp3) is 0.167. The van der Waals surface area contributed by atoms with E-state index in [1.54, 1.807) is 0 Å². The highest BCUT2D eigenvalue weighted by Gasteiger charge is 2.28. The third-order valence-electron chi connectivity index (χ3n) is 4.86. The maximum absolute atomic E-state index is 12.7. The molecule has 0 saturated heterocycles. The molecule has 3 aromatic rings. The molecule has 0 bridgehead atoms. The highest BCUT2D eigenvalue weighted by atomic mass is 16.2. The van der Waals surface area contributed by atoms with Crippen LogP contribution in [0.2, 0.25) is 0 Å². The molecular formula is C24H22N2O. The van der Waals surface area contributed by atoms with E-state index >= 15 is 0 Å². The van der Waals surface area contributed by atoms with Gasteiger partial charge in [0.2, 0.25) is 5.91 Å². The lowest BCUT2D eigenvalue weighted by Crippen LogP contribution is -2.30. The zero-order chi connectivity index (χ0) is 18.8. The fourth-order valence-electron chi connectivity index (χ4n) is 3.41. The minimum Gasteiger partial charge on any atom is -0.324 e. The zero-order valence-corrected chi connectivity index (χ0v) is 15.5. The number of amides is 1. The Balaban J connectivity index is 1.92. The van der Waals surface area contributed by atoms with Gasteiger partial charge in [-0.3, -0.25) is 9.79 Å². The number of rotatable bonds is 3. The molecule has 27 heavy (non-hydrogen) atoms. The van der Waals surface area contributed by atoms with Crippen molar-refractivity contribution < 1.29 is 4.79 Å². The van der Waals surface area contributed by atoms with E-state index in [0.29, 0.717) is 0 Å². The average Bonchev–Trinajstić information content (AvgIpc) is 2.85. The Bertz CT molecular complexity index is 991. The van der Waals surface area contributed by atoms with Crippen molar-refractivity contribution in [3.05, 3.63) is 90.0 Å². The number of carbonyl (C=O) groups is 1. The largest absolute Gasteiger partial charge is 0.324 e. The van der Waals surface area contributed by atoms with Crippen LogP contribution in [0.4, 0.5) is 5.69 Å². The molecule has 0 aliphatic carbocycles. The quantitative estimate of drug-likeness (QED) is 0.693. The van der Waals surface area contributed by atoms with E-state index in [-0.39, 0.29) is 11.8 Å². The van der Waals surface area contributed by atoms with E-state index in [4.69, 9.17) is 4.99 Å². The van der Waals surface area contributed by atoms with Crippen molar-refractivity contribution in [1.29, 1.82) is 0 Å². The van der Waals surface area contributed by atoms with E-state index in [2.05, 4.69) is 23.5 Å². The minimum absolute atomic E-state index is 0.0513. The first-order chi connectivity index (χ1) is 13.1. The molecule has 3 heteroatoms. The van der Waals surface area contributed by atoms with E-state index in [1.165, 1.54) is 0 Å². The number of carbonyl (C=O) groups excluding carboxylic acids is 1. The number of benzene rings is 3. The Morgan fingerprint density at radius 3 is 2.07 bits per heavy atom. The van der Waals surface area contributed by atoms with Crippen LogP contribution in [0.3, 0.4) is 0 Å². The van der Waals surface area contributed by atoms with E-state index in [0.717, 1.165) is 33.7 Å². The molecule has 0 fully saturated rings. The molecule has 1 aliphatic heterocycles. The fourth-order valence-corrected chi connectivity index (χ4v) is 3.41. The molecular weight excluding hydrogens is 332 g/mol. The van der Waals surface area contributed by atoms with Crippen molar-refractivity contribution in [3.8, 4) is 11.1 Å². The van der Waals surface area contributed by atoms with Crippen molar-refractivity contribution >= 4 is 17.3 Å². The van der Waals surface area contributed by atoms with Crippen LogP contribution in [0.5, 0.6) is 0 Å². The van der Waals surface area contributed by atoms with Gasteiger partial charge in [0.15, 0.2) is 0 Å². The summed E-state index contributed by atoms with van der Waals surface area (Å²) < 4.78 is 0. The number of nitrogens with one attached hydrogen (secondary N) is 1. The monoisotopic (exact) mass is 354 g/mol. The van der Waals surface area contributed by atoms with Crippen LogP contribution < -0.4 is 5.32 Å². The third kappa shape index (κ3) is 3.41. The van der Waals surface area contributed by atoms with Gasteiger partial charge in [-0.15, -0.1) is 0 Å². The Hall–Kier alpha value is -3.20. The van der Waals surface area contributed by atoms with Crippen LogP contribution in [0.25, 0.3) is 11.1 Å². The first-order valence-corrected chi connectivity index (χ1v) is 9.27. The van der Waals surface area contributed by atoms with Gasteiger partial charge in [-0.1, -0.05) is 80.6 Å². The summed E-state index contributed by atoms with van der Waals surface area (Å²) in [5.74, 6) is 0.0660. The molecule has 0 aromatic heterocycles. The lowest BCUT2D eigenvalue weighted by Gasteiger charge is -2.14. The van der Waals surface area contributed by atoms with Gasteiger partial charge in [0.25, 0.3) is 0 Å². The molecule has 0 radical (unpaired) electrons. The second kappa shape index (κ2) is 7.20. The van der Waals surface area contributed by atoms with Crippen molar-refractivity contribution in [1.82, 2.24) is 0 Å². The van der Waals surface area contributed by atoms with E-state index in [9.17, 15) is 4.79 Å². The second-order valence-electron chi connectivity index (χ2n) is 7.15.